The maximum atomic E-state index is 13.9. The molecule has 5 nitrogen and oxygen atoms in total. The lowest BCUT2D eigenvalue weighted by Crippen LogP contribution is -2.49. The average Bonchev–Trinajstić information content (AvgIpc) is 3.12. The van der Waals surface area contributed by atoms with Gasteiger partial charge in [0.1, 0.15) is 17.4 Å². The minimum absolute atomic E-state index is 0.0844. The Hall–Kier alpha value is -2.93. The molecule has 1 saturated heterocycles. The van der Waals surface area contributed by atoms with Crippen LogP contribution < -0.4 is 0 Å². The number of carbonyl (C=O) groups excluding carboxylic acids is 1. The fraction of sp³-hybridized carbons (Fsp3) is 0.348. The van der Waals surface area contributed by atoms with Crippen molar-refractivity contribution in [2.24, 2.45) is 0 Å². The third-order valence-electron chi connectivity index (χ3n) is 4.70. The Labute approximate surface area is 176 Å². The molecule has 162 valence electrons. The standard InChI is InChI=1S/C16H18F2N2O2.C7H10O/c1-11-8-12(14-9-13(17)2-3-15(14)18)10-20(11)16(21)19-4-6-22-7-5-19;1-3-5-7(8)6-4-2/h2-3,8-9,11H,4-7,10H2,1H3;3-6,8H,1H2,2H3/b;6-4-,7-5+. The molecule has 2 aliphatic rings. The molecule has 0 radical (unpaired) electrons. The summed E-state index contributed by atoms with van der Waals surface area (Å²) >= 11 is 0. The molecule has 0 bridgehead atoms. The van der Waals surface area contributed by atoms with Crippen molar-refractivity contribution in [2.45, 2.75) is 19.9 Å². The van der Waals surface area contributed by atoms with Crippen LogP contribution in [-0.4, -0.2) is 59.8 Å². The van der Waals surface area contributed by atoms with Crippen LogP contribution in [0.3, 0.4) is 0 Å². The summed E-state index contributed by atoms with van der Waals surface area (Å²) in [5, 5.41) is 8.75. The topological polar surface area (TPSA) is 53.0 Å². The van der Waals surface area contributed by atoms with Gasteiger partial charge in [-0.1, -0.05) is 24.8 Å². The van der Waals surface area contributed by atoms with E-state index in [2.05, 4.69) is 6.58 Å². The number of aliphatic hydroxyl groups excluding tert-OH is 1. The first-order valence-corrected chi connectivity index (χ1v) is 9.81. The fourth-order valence-corrected chi connectivity index (χ4v) is 3.21. The van der Waals surface area contributed by atoms with Gasteiger partial charge < -0.3 is 19.6 Å². The van der Waals surface area contributed by atoms with E-state index in [1.807, 2.05) is 19.9 Å². The molecule has 7 heteroatoms. The van der Waals surface area contributed by atoms with Crippen LogP contribution in [0.2, 0.25) is 0 Å². The van der Waals surface area contributed by atoms with Crippen LogP contribution in [0.15, 0.2) is 60.9 Å². The van der Waals surface area contributed by atoms with Crippen molar-refractivity contribution < 1.29 is 23.4 Å². The number of halogens is 2. The molecule has 1 aromatic carbocycles. The Morgan fingerprint density at radius 2 is 2.00 bits per heavy atom. The molecule has 1 N–H and O–H groups in total. The summed E-state index contributed by atoms with van der Waals surface area (Å²) in [5.41, 5.74) is 0.871. The van der Waals surface area contributed by atoms with Crippen LogP contribution in [0.4, 0.5) is 13.6 Å². The van der Waals surface area contributed by atoms with Crippen molar-refractivity contribution in [3.63, 3.8) is 0 Å². The second-order valence-corrected chi connectivity index (χ2v) is 6.89. The predicted octanol–water partition coefficient (Wildman–Crippen LogP) is 4.69. The van der Waals surface area contributed by atoms with Gasteiger partial charge in [-0.05, 0) is 49.8 Å². The minimum Gasteiger partial charge on any atom is -0.508 e. The molecule has 1 atom stereocenters. The maximum Gasteiger partial charge on any atom is 0.320 e. The fourth-order valence-electron chi connectivity index (χ4n) is 3.21. The number of amides is 2. The molecule has 0 saturated carbocycles. The van der Waals surface area contributed by atoms with Gasteiger partial charge in [0.15, 0.2) is 0 Å². The zero-order valence-corrected chi connectivity index (χ0v) is 17.4. The number of hydrogen-bond donors (Lipinski definition) is 1. The number of nitrogens with zero attached hydrogens (tertiary/aromatic N) is 2. The first-order valence-electron chi connectivity index (χ1n) is 9.81. The van der Waals surface area contributed by atoms with E-state index in [1.54, 1.807) is 22.0 Å². The lowest BCUT2D eigenvalue weighted by atomic mass is 10.1. The Balaban J connectivity index is 0.000000343. The number of allylic oxidation sites excluding steroid dienone is 4. The van der Waals surface area contributed by atoms with Crippen LogP contribution in [0.5, 0.6) is 0 Å². The molecule has 2 aliphatic heterocycles. The van der Waals surface area contributed by atoms with Gasteiger partial charge in [0.25, 0.3) is 0 Å². The largest absolute Gasteiger partial charge is 0.508 e. The highest BCUT2D eigenvalue weighted by atomic mass is 19.1. The quantitative estimate of drug-likeness (QED) is 0.572. The van der Waals surface area contributed by atoms with E-state index in [0.717, 1.165) is 12.1 Å². The molecule has 1 unspecified atom stereocenters. The first-order chi connectivity index (χ1) is 14.4. The summed E-state index contributed by atoms with van der Waals surface area (Å²) in [4.78, 5) is 15.9. The molecule has 0 spiro atoms. The molecule has 2 amide bonds. The SMILES string of the molecule is C=C/C=C(O)\C=C/C.CC1C=C(c2cc(F)ccc2F)CN1C(=O)N1CCOCC1. The van der Waals surface area contributed by atoms with E-state index in [4.69, 9.17) is 9.84 Å². The van der Waals surface area contributed by atoms with Gasteiger partial charge in [0.2, 0.25) is 0 Å². The number of hydrogen-bond acceptors (Lipinski definition) is 3. The minimum atomic E-state index is -0.483. The predicted molar refractivity (Wildman–Crippen MR) is 114 cm³/mol. The Kier molecular flexibility index (Phi) is 8.80. The van der Waals surface area contributed by atoms with Gasteiger partial charge >= 0.3 is 6.03 Å². The van der Waals surface area contributed by atoms with Gasteiger partial charge in [-0.2, -0.15) is 0 Å². The van der Waals surface area contributed by atoms with E-state index >= 15 is 0 Å². The number of aliphatic hydroxyl groups is 1. The van der Waals surface area contributed by atoms with Crippen molar-refractivity contribution in [3.8, 4) is 0 Å². The molecule has 1 fully saturated rings. The summed E-state index contributed by atoms with van der Waals surface area (Å²) in [7, 11) is 0. The number of rotatable bonds is 3. The summed E-state index contributed by atoms with van der Waals surface area (Å²) in [6.45, 7) is 9.61. The van der Waals surface area contributed by atoms with Gasteiger partial charge in [-0.15, -0.1) is 0 Å². The second kappa shape index (κ2) is 11.3. The molecule has 0 aliphatic carbocycles. The zero-order chi connectivity index (χ0) is 22.1. The van der Waals surface area contributed by atoms with Crippen molar-refractivity contribution in [2.75, 3.05) is 32.8 Å². The van der Waals surface area contributed by atoms with Crippen molar-refractivity contribution in [1.29, 1.82) is 0 Å². The third-order valence-corrected chi connectivity index (χ3v) is 4.70. The maximum absolute atomic E-state index is 13.9. The number of urea groups is 1. The van der Waals surface area contributed by atoms with Crippen molar-refractivity contribution in [3.05, 3.63) is 78.1 Å². The van der Waals surface area contributed by atoms with E-state index < -0.39 is 11.6 Å². The van der Waals surface area contributed by atoms with Crippen molar-refractivity contribution >= 4 is 11.6 Å². The van der Waals surface area contributed by atoms with Crippen LogP contribution >= 0.6 is 0 Å². The molecule has 0 aromatic heterocycles. The second-order valence-electron chi connectivity index (χ2n) is 6.89. The summed E-state index contributed by atoms with van der Waals surface area (Å²) < 4.78 is 32.5. The summed E-state index contributed by atoms with van der Waals surface area (Å²) in [6.07, 6.45) is 8.24. The zero-order valence-electron chi connectivity index (χ0n) is 17.4. The first kappa shape index (κ1) is 23.3. The molecular weight excluding hydrogens is 390 g/mol. The molecule has 3 rings (SSSR count). The van der Waals surface area contributed by atoms with Gasteiger partial charge in [-0.3, -0.25) is 0 Å². The number of carbonyl (C=O) groups is 1. The van der Waals surface area contributed by atoms with Gasteiger partial charge in [-0.25, -0.2) is 13.6 Å². The lowest BCUT2D eigenvalue weighted by Gasteiger charge is -2.33. The number of morpholine rings is 1. The monoisotopic (exact) mass is 418 g/mol. The Bertz CT molecular complexity index is 843. The molecular formula is C23H28F2N2O3. The average molecular weight is 418 g/mol. The number of benzene rings is 1. The Morgan fingerprint density at radius 3 is 2.63 bits per heavy atom. The number of ether oxygens (including phenoxy) is 1. The third kappa shape index (κ3) is 6.29. The van der Waals surface area contributed by atoms with E-state index in [1.165, 1.54) is 18.2 Å². The van der Waals surface area contributed by atoms with Gasteiger partial charge in [0.05, 0.1) is 13.2 Å². The lowest BCUT2D eigenvalue weighted by molar-refractivity contribution is 0.0435. The van der Waals surface area contributed by atoms with Crippen LogP contribution in [-0.2, 0) is 4.74 Å². The summed E-state index contributed by atoms with van der Waals surface area (Å²) in [5.74, 6) is -0.717. The molecule has 1 aromatic rings. The highest BCUT2D eigenvalue weighted by Gasteiger charge is 2.31. The Morgan fingerprint density at radius 1 is 1.30 bits per heavy atom. The van der Waals surface area contributed by atoms with E-state index in [-0.39, 0.29) is 29.9 Å². The highest BCUT2D eigenvalue weighted by molar-refractivity contribution is 5.81. The van der Waals surface area contributed by atoms with Gasteiger partial charge in [0, 0.05) is 31.2 Å². The normalized spacial score (nSPS) is 19.4. The summed E-state index contributed by atoms with van der Waals surface area (Å²) in [6, 6.07) is 3.15. The van der Waals surface area contributed by atoms with E-state index in [9.17, 15) is 13.6 Å². The van der Waals surface area contributed by atoms with Crippen molar-refractivity contribution in [1.82, 2.24) is 9.80 Å². The van der Waals surface area contributed by atoms with Crippen LogP contribution in [0, 0.1) is 11.6 Å². The van der Waals surface area contributed by atoms with Crippen LogP contribution in [0.25, 0.3) is 5.57 Å². The molecule has 2 heterocycles. The molecule has 30 heavy (non-hydrogen) atoms. The van der Waals surface area contributed by atoms with E-state index in [0.29, 0.717) is 31.9 Å². The highest BCUT2D eigenvalue weighted by Crippen LogP contribution is 2.28. The van der Waals surface area contributed by atoms with Crippen LogP contribution in [0.1, 0.15) is 19.4 Å². The smallest absolute Gasteiger partial charge is 0.320 e.